The molecule has 2 unspecified atom stereocenters. The van der Waals surface area contributed by atoms with Gasteiger partial charge in [-0.2, -0.15) is 0 Å². The Hall–Kier alpha value is -0.910. The van der Waals surface area contributed by atoms with E-state index in [4.69, 9.17) is 9.47 Å². The first kappa shape index (κ1) is 15.5. The molecule has 0 aromatic carbocycles. The van der Waals surface area contributed by atoms with Gasteiger partial charge in [0.2, 0.25) is 5.88 Å². The summed E-state index contributed by atoms with van der Waals surface area (Å²) in [5, 5.41) is 3.40. The Morgan fingerprint density at radius 3 is 3.30 bits per heavy atom. The molecule has 112 valence electrons. The van der Waals surface area contributed by atoms with Gasteiger partial charge in [-0.05, 0) is 37.9 Å². The Kier molecular flexibility index (Phi) is 5.18. The zero-order valence-electron chi connectivity index (χ0n) is 11.3. The first-order chi connectivity index (χ1) is 9.30. The van der Waals surface area contributed by atoms with Crippen molar-refractivity contribution in [1.82, 2.24) is 10.3 Å². The first-order valence-electron chi connectivity index (χ1n) is 6.86. The van der Waals surface area contributed by atoms with Crippen molar-refractivity contribution in [2.45, 2.75) is 25.4 Å². The van der Waals surface area contributed by atoms with Crippen LogP contribution in [0.15, 0.2) is 18.3 Å². The van der Waals surface area contributed by atoms with Crippen molar-refractivity contribution in [1.29, 1.82) is 0 Å². The quantitative estimate of drug-likeness (QED) is 0.929. The van der Waals surface area contributed by atoms with Crippen molar-refractivity contribution in [3.63, 3.8) is 0 Å². The predicted molar refractivity (Wildman–Crippen MR) is 75.8 cm³/mol. The van der Waals surface area contributed by atoms with Gasteiger partial charge in [0.15, 0.2) is 5.82 Å². The molecule has 0 saturated carbocycles. The molecule has 2 aliphatic heterocycles. The summed E-state index contributed by atoms with van der Waals surface area (Å²) in [4.78, 5) is 3.94. The molecule has 1 aromatic rings. The summed E-state index contributed by atoms with van der Waals surface area (Å²) in [6.07, 6.45) is 4.85. The number of fused-ring (bicyclic) bond motifs is 1. The minimum Gasteiger partial charge on any atom is -0.475 e. The minimum absolute atomic E-state index is 0. The highest BCUT2D eigenvalue weighted by Gasteiger charge is 2.44. The standard InChI is InChI=1S/C14H19FN2O2.ClH/c15-11-3-1-6-17-13(11)19-10-14-5-2-8-18-12(14)4-7-16-9-14;/h1,3,6,12,16H,2,4-5,7-10H2;1H. The SMILES string of the molecule is Cl.Fc1cccnc1OCC12CCCOC1CCNC2. The van der Waals surface area contributed by atoms with E-state index in [0.717, 1.165) is 39.0 Å². The summed E-state index contributed by atoms with van der Waals surface area (Å²) in [5.41, 5.74) is -0.0412. The third kappa shape index (κ3) is 3.05. The minimum atomic E-state index is -0.407. The Morgan fingerprint density at radius 1 is 1.55 bits per heavy atom. The molecule has 0 bridgehead atoms. The number of pyridine rings is 1. The van der Waals surface area contributed by atoms with E-state index >= 15 is 0 Å². The third-order valence-corrected chi connectivity index (χ3v) is 4.10. The average molecular weight is 303 g/mol. The van der Waals surface area contributed by atoms with Gasteiger partial charge in [-0.1, -0.05) is 0 Å². The monoisotopic (exact) mass is 302 g/mol. The van der Waals surface area contributed by atoms with Gasteiger partial charge in [0.25, 0.3) is 0 Å². The molecule has 2 atom stereocenters. The second-order valence-corrected chi connectivity index (χ2v) is 5.37. The molecular formula is C14H20ClFN2O2. The van der Waals surface area contributed by atoms with Crippen LogP contribution in [0, 0.1) is 11.2 Å². The lowest BCUT2D eigenvalue weighted by Crippen LogP contribution is -2.56. The fourth-order valence-electron chi connectivity index (χ4n) is 3.06. The van der Waals surface area contributed by atoms with Crippen LogP contribution in [0.3, 0.4) is 0 Å². The van der Waals surface area contributed by atoms with E-state index in [1.807, 2.05) is 0 Å². The van der Waals surface area contributed by atoms with Crippen LogP contribution in [0.2, 0.25) is 0 Å². The summed E-state index contributed by atoms with van der Waals surface area (Å²) in [7, 11) is 0. The Bertz CT molecular complexity index is 435. The molecule has 2 aliphatic rings. The highest BCUT2D eigenvalue weighted by molar-refractivity contribution is 5.85. The number of piperidine rings is 1. The predicted octanol–water partition coefficient (Wildman–Crippen LogP) is 2.18. The molecular weight excluding hydrogens is 283 g/mol. The highest BCUT2D eigenvalue weighted by Crippen LogP contribution is 2.38. The van der Waals surface area contributed by atoms with E-state index in [1.165, 1.54) is 6.07 Å². The van der Waals surface area contributed by atoms with Gasteiger partial charge >= 0.3 is 0 Å². The fraction of sp³-hybridized carbons (Fsp3) is 0.643. The number of nitrogens with one attached hydrogen (secondary N) is 1. The smallest absolute Gasteiger partial charge is 0.250 e. The molecule has 0 spiro atoms. The lowest BCUT2D eigenvalue weighted by atomic mass is 9.73. The molecule has 2 fully saturated rings. The molecule has 0 radical (unpaired) electrons. The Balaban J connectivity index is 0.00000147. The number of nitrogens with zero attached hydrogens (tertiary/aromatic N) is 1. The van der Waals surface area contributed by atoms with E-state index in [0.29, 0.717) is 6.61 Å². The molecule has 20 heavy (non-hydrogen) atoms. The summed E-state index contributed by atoms with van der Waals surface area (Å²) >= 11 is 0. The normalized spacial score (nSPS) is 29.1. The maximum atomic E-state index is 13.5. The summed E-state index contributed by atoms with van der Waals surface area (Å²) in [6.45, 7) is 3.12. The van der Waals surface area contributed by atoms with Crippen molar-refractivity contribution in [3.8, 4) is 5.88 Å². The zero-order chi connectivity index (χ0) is 13.1. The van der Waals surface area contributed by atoms with Crippen molar-refractivity contribution in [2.75, 3.05) is 26.3 Å². The topological polar surface area (TPSA) is 43.4 Å². The number of hydrogen-bond donors (Lipinski definition) is 1. The first-order valence-corrected chi connectivity index (χ1v) is 6.86. The maximum absolute atomic E-state index is 13.5. The Morgan fingerprint density at radius 2 is 2.45 bits per heavy atom. The van der Waals surface area contributed by atoms with Gasteiger partial charge in [-0.15, -0.1) is 12.4 Å². The molecule has 0 aliphatic carbocycles. The van der Waals surface area contributed by atoms with Gasteiger partial charge in [-0.25, -0.2) is 9.37 Å². The van der Waals surface area contributed by atoms with Crippen molar-refractivity contribution >= 4 is 12.4 Å². The van der Waals surface area contributed by atoms with Crippen LogP contribution in [-0.2, 0) is 4.74 Å². The fourth-order valence-corrected chi connectivity index (χ4v) is 3.06. The molecule has 4 nitrogen and oxygen atoms in total. The number of ether oxygens (including phenoxy) is 2. The second-order valence-electron chi connectivity index (χ2n) is 5.37. The van der Waals surface area contributed by atoms with E-state index in [-0.39, 0.29) is 29.8 Å². The molecule has 6 heteroatoms. The van der Waals surface area contributed by atoms with Gasteiger partial charge in [-0.3, -0.25) is 0 Å². The van der Waals surface area contributed by atoms with Crippen LogP contribution in [0.5, 0.6) is 5.88 Å². The van der Waals surface area contributed by atoms with Crippen molar-refractivity contribution < 1.29 is 13.9 Å². The highest BCUT2D eigenvalue weighted by atomic mass is 35.5. The number of aromatic nitrogens is 1. The lowest BCUT2D eigenvalue weighted by Gasteiger charge is -2.46. The zero-order valence-corrected chi connectivity index (χ0v) is 12.1. The van der Waals surface area contributed by atoms with E-state index in [2.05, 4.69) is 10.3 Å². The molecule has 3 heterocycles. The number of halogens is 2. The average Bonchev–Trinajstić information content (AvgIpc) is 2.46. The second kappa shape index (κ2) is 6.70. The summed E-state index contributed by atoms with van der Waals surface area (Å²) in [5.74, 6) is -0.317. The largest absolute Gasteiger partial charge is 0.475 e. The molecule has 3 rings (SSSR count). The summed E-state index contributed by atoms with van der Waals surface area (Å²) < 4.78 is 25.0. The molecule has 0 amide bonds. The van der Waals surface area contributed by atoms with E-state index < -0.39 is 5.82 Å². The lowest BCUT2D eigenvalue weighted by molar-refractivity contribution is -0.116. The molecule has 1 aromatic heterocycles. The van der Waals surface area contributed by atoms with E-state index in [9.17, 15) is 4.39 Å². The summed E-state index contributed by atoms with van der Waals surface area (Å²) in [6, 6.07) is 2.93. The van der Waals surface area contributed by atoms with Crippen molar-refractivity contribution in [2.24, 2.45) is 5.41 Å². The van der Waals surface area contributed by atoms with Gasteiger partial charge in [0.05, 0.1) is 12.7 Å². The van der Waals surface area contributed by atoms with E-state index in [1.54, 1.807) is 12.3 Å². The van der Waals surface area contributed by atoms with Crippen LogP contribution < -0.4 is 10.1 Å². The molecule has 2 saturated heterocycles. The number of hydrogen-bond acceptors (Lipinski definition) is 4. The van der Waals surface area contributed by atoms with Crippen LogP contribution >= 0.6 is 12.4 Å². The van der Waals surface area contributed by atoms with Gasteiger partial charge in [0.1, 0.15) is 0 Å². The van der Waals surface area contributed by atoms with Gasteiger partial charge < -0.3 is 14.8 Å². The molecule has 1 N–H and O–H groups in total. The third-order valence-electron chi connectivity index (χ3n) is 4.10. The Labute approximate surface area is 124 Å². The van der Waals surface area contributed by atoms with Gasteiger partial charge in [0, 0.05) is 24.8 Å². The van der Waals surface area contributed by atoms with Crippen LogP contribution in [0.1, 0.15) is 19.3 Å². The van der Waals surface area contributed by atoms with Crippen LogP contribution in [0.4, 0.5) is 4.39 Å². The van der Waals surface area contributed by atoms with Crippen molar-refractivity contribution in [3.05, 3.63) is 24.1 Å². The number of rotatable bonds is 3. The maximum Gasteiger partial charge on any atom is 0.250 e. The van der Waals surface area contributed by atoms with Crippen LogP contribution in [-0.4, -0.2) is 37.4 Å². The van der Waals surface area contributed by atoms with Crippen LogP contribution in [0.25, 0.3) is 0 Å².